The van der Waals surface area contributed by atoms with Gasteiger partial charge in [0.25, 0.3) is 0 Å². The maximum absolute atomic E-state index is 13.0. The van der Waals surface area contributed by atoms with Gasteiger partial charge in [-0.05, 0) is 62.0 Å². The van der Waals surface area contributed by atoms with Gasteiger partial charge < -0.3 is 5.11 Å². The normalized spacial score (nSPS) is 17.6. The molecule has 3 nitrogen and oxygen atoms in total. The van der Waals surface area contributed by atoms with Crippen molar-refractivity contribution < 1.29 is 14.3 Å². The van der Waals surface area contributed by atoms with E-state index >= 15 is 0 Å². The highest BCUT2D eigenvalue weighted by Crippen LogP contribution is 2.22. The lowest BCUT2D eigenvalue weighted by atomic mass is 9.93. The van der Waals surface area contributed by atoms with Crippen molar-refractivity contribution in [3.05, 3.63) is 35.1 Å². The molecule has 1 heterocycles. The maximum atomic E-state index is 13.0. The van der Waals surface area contributed by atoms with Gasteiger partial charge in [-0.1, -0.05) is 6.07 Å². The third-order valence-corrected chi connectivity index (χ3v) is 3.87. The number of halogens is 1. The molecule has 1 aliphatic heterocycles. The van der Waals surface area contributed by atoms with Gasteiger partial charge in [0.2, 0.25) is 0 Å². The van der Waals surface area contributed by atoms with Crippen LogP contribution in [-0.2, 0) is 11.3 Å². The molecule has 4 heteroatoms. The molecule has 1 aliphatic rings. The van der Waals surface area contributed by atoms with E-state index in [4.69, 9.17) is 5.11 Å². The van der Waals surface area contributed by atoms with Gasteiger partial charge in [-0.15, -0.1) is 0 Å². The quantitative estimate of drug-likeness (QED) is 0.910. The van der Waals surface area contributed by atoms with Crippen LogP contribution >= 0.6 is 0 Å². The van der Waals surface area contributed by atoms with Crippen LogP contribution in [0.5, 0.6) is 0 Å². The largest absolute Gasteiger partial charge is 0.481 e. The number of carboxylic acids is 1. The van der Waals surface area contributed by atoms with Gasteiger partial charge in [-0.2, -0.15) is 0 Å². The van der Waals surface area contributed by atoms with Crippen LogP contribution in [0.1, 0.15) is 30.4 Å². The highest BCUT2D eigenvalue weighted by Gasteiger charge is 2.21. The maximum Gasteiger partial charge on any atom is 0.303 e. The molecule has 1 aromatic rings. The lowest BCUT2D eigenvalue weighted by molar-refractivity contribution is -0.138. The Hall–Kier alpha value is -1.42. The van der Waals surface area contributed by atoms with Crippen molar-refractivity contribution in [2.75, 3.05) is 13.1 Å². The summed E-state index contributed by atoms with van der Waals surface area (Å²) < 4.78 is 13.0. The number of hydrogen-bond donors (Lipinski definition) is 1. The lowest BCUT2D eigenvalue weighted by Crippen LogP contribution is -2.34. The van der Waals surface area contributed by atoms with Crippen LogP contribution in [-0.4, -0.2) is 29.1 Å². The third-order valence-electron chi connectivity index (χ3n) is 3.87. The number of likely N-dealkylation sites (tertiary alicyclic amines) is 1. The summed E-state index contributed by atoms with van der Waals surface area (Å²) in [5.41, 5.74) is 2.13. The first-order valence-corrected chi connectivity index (χ1v) is 6.74. The Morgan fingerprint density at radius 2 is 2.11 bits per heavy atom. The molecule has 0 aromatic heterocycles. The zero-order valence-electron chi connectivity index (χ0n) is 11.2. The minimum absolute atomic E-state index is 0.193. The molecule has 104 valence electrons. The predicted octanol–water partition coefficient (Wildman–Crippen LogP) is 2.82. The van der Waals surface area contributed by atoms with Crippen molar-refractivity contribution in [1.29, 1.82) is 0 Å². The van der Waals surface area contributed by atoms with Crippen LogP contribution in [0.4, 0.5) is 4.39 Å². The minimum atomic E-state index is -0.701. The average Bonchev–Trinajstić information content (AvgIpc) is 2.34. The van der Waals surface area contributed by atoms with Gasteiger partial charge in [-0.25, -0.2) is 4.39 Å². The number of benzene rings is 1. The zero-order chi connectivity index (χ0) is 13.8. The summed E-state index contributed by atoms with van der Waals surface area (Å²) in [5, 5.41) is 8.78. The Balaban J connectivity index is 1.87. The molecule has 0 bridgehead atoms. The highest BCUT2D eigenvalue weighted by atomic mass is 19.1. The summed E-state index contributed by atoms with van der Waals surface area (Å²) in [5.74, 6) is -0.586. The van der Waals surface area contributed by atoms with Gasteiger partial charge in [0, 0.05) is 13.0 Å². The number of aryl methyl sites for hydroxylation is 1. The van der Waals surface area contributed by atoms with Gasteiger partial charge in [0.15, 0.2) is 0 Å². The van der Waals surface area contributed by atoms with Gasteiger partial charge in [0.1, 0.15) is 5.82 Å². The second kappa shape index (κ2) is 6.15. The van der Waals surface area contributed by atoms with Crippen LogP contribution in [0.2, 0.25) is 0 Å². The Bertz CT molecular complexity index is 453. The fraction of sp³-hybridized carbons (Fsp3) is 0.533. The minimum Gasteiger partial charge on any atom is -0.481 e. The molecule has 0 saturated carbocycles. The average molecular weight is 265 g/mol. The van der Waals surface area contributed by atoms with Crippen molar-refractivity contribution in [3.63, 3.8) is 0 Å². The van der Waals surface area contributed by atoms with Crippen LogP contribution in [0.3, 0.4) is 0 Å². The molecule has 0 amide bonds. The topological polar surface area (TPSA) is 40.5 Å². The number of carbonyl (C=O) groups is 1. The molecule has 1 N–H and O–H groups in total. The van der Waals surface area contributed by atoms with E-state index in [1.165, 1.54) is 6.07 Å². The van der Waals surface area contributed by atoms with Crippen molar-refractivity contribution in [1.82, 2.24) is 4.90 Å². The predicted molar refractivity (Wildman–Crippen MR) is 71.4 cm³/mol. The van der Waals surface area contributed by atoms with E-state index in [2.05, 4.69) is 4.90 Å². The molecular weight excluding hydrogens is 245 g/mol. The van der Waals surface area contributed by atoms with Crippen LogP contribution in [0, 0.1) is 18.7 Å². The van der Waals surface area contributed by atoms with E-state index in [0.717, 1.165) is 43.6 Å². The van der Waals surface area contributed by atoms with Crippen molar-refractivity contribution in [2.24, 2.45) is 5.92 Å². The zero-order valence-corrected chi connectivity index (χ0v) is 11.2. The lowest BCUT2D eigenvalue weighted by Gasteiger charge is -2.31. The standard InChI is InChI=1S/C15H20FNO2/c1-11-8-14(16)3-2-13(11)10-17-6-4-12(5-7-17)9-15(18)19/h2-3,8,12H,4-7,9-10H2,1H3,(H,18,19). The second-order valence-electron chi connectivity index (χ2n) is 5.39. The smallest absolute Gasteiger partial charge is 0.303 e. The Morgan fingerprint density at radius 1 is 1.42 bits per heavy atom. The highest BCUT2D eigenvalue weighted by molar-refractivity contribution is 5.67. The first-order valence-electron chi connectivity index (χ1n) is 6.74. The number of hydrogen-bond acceptors (Lipinski definition) is 2. The molecular formula is C15H20FNO2. The molecule has 1 aromatic carbocycles. The van der Waals surface area contributed by atoms with Crippen molar-refractivity contribution in [3.8, 4) is 0 Å². The summed E-state index contributed by atoms with van der Waals surface area (Å²) in [6.45, 7) is 4.60. The van der Waals surface area contributed by atoms with E-state index in [1.54, 1.807) is 6.07 Å². The number of nitrogens with zero attached hydrogens (tertiary/aromatic N) is 1. The Kier molecular flexibility index (Phi) is 4.53. The molecule has 0 radical (unpaired) electrons. The first kappa shape index (κ1) is 14.0. The van der Waals surface area contributed by atoms with E-state index in [-0.39, 0.29) is 12.2 Å². The van der Waals surface area contributed by atoms with E-state index < -0.39 is 5.97 Å². The summed E-state index contributed by atoms with van der Waals surface area (Å²) in [6.07, 6.45) is 2.16. The van der Waals surface area contributed by atoms with Crippen LogP contribution in [0.15, 0.2) is 18.2 Å². The van der Waals surface area contributed by atoms with Crippen molar-refractivity contribution >= 4 is 5.97 Å². The SMILES string of the molecule is Cc1cc(F)ccc1CN1CCC(CC(=O)O)CC1. The number of carboxylic acid groups (broad SMARTS) is 1. The van der Waals surface area contributed by atoms with Gasteiger partial charge >= 0.3 is 5.97 Å². The van der Waals surface area contributed by atoms with E-state index in [0.29, 0.717) is 5.92 Å². The molecule has 1 saturated heterocycles. The molecule has 0 spiro atoms. The monoisotopic (exact) mass is 265 g/mol. The second-order valence-corrected chi connectivity index (χ2v) is 5.39. The number of aliphatic carboxylic acids is 1. The summed E-state index contributed by atoms with van der Waals surface area (Å²) in [4.78, 5) is 13.0. The summed E-state index contributed by atoms with van der Waals surface area (Å²) in [6, 6.07) is 4.90. The molecule has 0 aliphatic carbocycles. The van der Waals surface area contributed by atoms with E-state index in [9.17, 15) is 9.18 Å². The van der Waals surface area contributed by atoms with Gasteiger partial charge in [-0.3, -0.25) is 9.69 Å². The fourth-order valence-corrected chi connectivity index (χ4v) is 2.67. The fourth-order valence-electron chi connectivity index (χ4n) is 2.67. The molecule has 1 fully saturated rings. The Morgan fingerprint density at radius 3 is 2.68 bits per heavy atom. The third kappa shape index (κ3) is 4.03. The molecule has 19 heavy (non-hydrogen) atoms. The van der Waals surface area contributed by atoms with Crippen molar-refractivity contribution in [2.45, 2.75) is 32.7 Å². The summed E-state index contributed by atoms with van der Waals surface area (Å²) in [7, 11) is 0. The number of rotatable bonds is 4. The first-order chi connectivity index (χ1) is 9.04. The van der Waals surface area contributed by atoms with Gasteiger partial charge in [0.05, 0.1) is 0 Å². The molecule has 0 atom stereocenters. The van der Waals surface area contributed by atoms with Crippen LogP contribution < -0.4 is 0 Å². The molecule has 2 rings (SSSR count). The molecule has 0 unspecified atom stereocenters. The van der Waals surface area contributed by atoms with Crippen LogP contribution in [0.25, 0.3) is 0 Å². The summed E-state index contributed by atoms with van der Waals surface area (Å²) >= 11 is 0. The number of piperidine rings is 1. The van der Waals surface area contributed by atoms with E-state index in [1.807, 2.05) is 13.0 Å². The Labute approximate surface area is 113 Å².